The van der Waals surface area contributed by atoms with Crippen LogP contribution in [0.1, 0.15) is 34.3 Å². The van der Waals surface area contributed by atoms with Gasteiger partial charge in [-0.2, -0.15) is 13.2 Å². The maximum atomic E-state index is 13.4. The van der Waals surface area contributed by atoms with E-state index in [4.69, 9.17) is 4.74 Å². The van der Waals surface area contributed by atoms with Crippen LogP contribution < -0.4 is 10.1 Å². The molecule has 9 nitrogen and oxygen atoms in total. The number of nitrogens with one attached hydrogen (secondary N) is 1. The van der Waals surface area contributed by atoms with Gasteiger partial charge in [0.25, 0.3) is 5.69 Å². The van der Waals surface area contributed by atoms with Crippen LogP contribution >= 0.6 is 0 Å². The summed E-state index contributed by atoms with van der Waals surface area (Å²) in [5.41, 5.74) is 0.0804. The van der Waals surface area contributed by atoms with Gasteiger partial charge >= 0.3 is 12.1 Å². The van der Waals surface area contributed by atoms with E-state index in [2.05, 4.69) is 4.98 Å². The van der Waals surface area contributed by atoms with Crippen molar-refractivity contribution >= 4 is 17.6 Å². The first kappa shape index (κ1) is 25.6. The van der Waals surface area contributed by atoms with Gasteiger partial charge in [-0.1, -0.05) is 48.5 Å². The molecule has 1 aliphatic rings. The number of benzene rings is 2. The highest BCUT2D eigenvalue weighted by atomic mass is 19.4. The fraction of sp³-hybridized carbons (Fsp3) is 0.240. The van der Waals surface area contributed by atoms with Crippen LogP contribution in [0.3, 0.4) is 0 Å². The smallest absolute Gasteiger partial charge is 0.405 e. The Morgan fingerprint density at radius 2 is 1.68 bits per heavy atom. The average Bonchev–Trinajstić information content (AvgIpc) is 3.15. The molecule has 0 saturated heterocycles. The third-order valence-electron chi connectivity index (χ3n) is 6.11. The van der Waals surface area contributed by atoms with Gasteiger partial charge in [0.05, 0.1) is 11.5 Å². The Labute approximate surface area is 208 Å². The Morgan fingerprint density at radius 3 is 2.22 bits per heavy atom. The number of hydrogen-bond acceptors (Lipinski definition) is 6. The molecule has 192 valence electrons. The zero-order valence-corrected chi connectivity index (χ0v) is 19.1. The Balaban J connectivity index is 1.63. The van der Waals surface area contributed by atoms with E-state index < -0.39 is 46.2 Å². The van der Waals surface area contributed by atoms with E-state index >= 15 is 0 Å². The lowest BCUT2D eigenvalue weighted by molar-refractivity contribution is -0.385. The normalized spacial score (nSPS) is 13.4. The largest absolute Gasteiger partial charge is 0.477 e. The minimum Gasteiger partial charge on any atom is -0.477 e. The van der Waals surface area contributed by atoms with Gasteiger partial charge in [0.15, 0.2) is 0 Å². The SMILES string of the molecule is O=C(O)c1cc([N+](=O)[O-])cnc1OCCCC1(C(=O)NCC(F)(F)F)c2ccccc2-c2ccccc21. The lowest BCUT2D eigenvalue weighted by Crippen LogP contribution is -2.47. The molecule has 0 bridgehead atoms. The van der Waals surface area contributed by atoms with E-state index in [1.807, 2.05) is 5.32 Å². The Kier molecular flexibility index (Phi) is 6.84. The molecule has 1 aliphatic carbocycles. The molecule has 1 amide bonds. The van der Waals surface area contributed by atoms with Crippen LogP contribution in [0.5, 0.6) is 5.88 Å². The maximum Gasteiger partial charge on any atom is 0.405 e. The summed E-state index contributed by atoms with van der Waals surface area (Å²) >= 11 is 0. The quantitative estimate of drug-likeness (QED) is 0.244. The van der Waals surface area contributed by atoms with E-state index in [1.54, 1.807) is 48.5 Å². The zero-order valence-electron chi connectivity index (χ0n) is 19.1. The lowest BCUT2D eigenvalue weighted by atomic mass is 9.73. The Hall–Kier alpha value is -4.48. The predicted molar refractivity (Wildman–Crippen MR) is 124 cm³/mol. The molecule has 4 rings (SSSR count). The molecule has 1 aromatic heterocycles. The molecule has 0 saturated carbocycles. The second kappa shape index (κ2) is 9.88. The van der Waals surface area contributed by atoms with Crippen LogP contribution in [0, 0.1) is 10.1 Å². The fourth-order valence-corrected chi connectivity index (χ4v) is 4.60. The van der Waals surface area contributed by atoms with Crippen molar-refractivity contribution in [2.75, 3.05) is 13.2 Å². The predicted octanol–water partition coefficient (Wildman–Crippen LogP) is 4.49. The summed E-state index contributed by atoms with van der Waals surface area (Å²) in [6, 6.07) is 14.8. The molecular formula is C25H20F3N3O6. The number of amides is 1. The summed E-state index contributed by atoms with van der Waals surface area (Å²) in [5, 5.41) is 22.3. The molecule has 12 heteroatoms. The number of nitro groups is 1. The number of nitrogens with zero attached hydrogens (tertiary/aromatic N) is 2. The number of aromatic nitrogens is 1. The monoisotopic (exact) mass is 515 g/mol. The van der Waals surface area contributed by atoms with E-state index in [0.717, 1.165) is 23.4 Å². The summed E-state index contributed by atoms with van der Waals surface area (Å²) in [7, 11) is 0. The number of alkyl halides is 3. The first-order chi connectivity index (χ1) is 17.5. The van der Waals surface area contributed by atoms with Crippen LogP contribution in [0.2, 0.25) is 0 Å². The summed E-state index contributed by atoms with van der Waals surface area (Å²) in [6.45, 7) is -1.65. The molecule has 0 radical (unpaired) electrons. The van der Waals surface area contributed by atoms with Gasteiger partial charge in [-0.05, 0) is 35.1 Å². The van der Waals surface area contributed by atoms with Gasteiger partial charge in [-0.15, -0.1) is 0 Å². The molecule has 2 aromatic carbocycles. The number of carbonyl (C=O) groups excluding carboxylic acids is 1. The third-order valence-corrected chi connectivity index (χ3v) is 6.11. The van der Waals surface area contributed by atoms with Crippen molar-refractivity contribution in [3.8, 4) is 17.0 Å². The third kappa shape index (κ3) is 4.95. The van der Waals surface area contributed by atoms with Crippen molar-refractivity contribution in [2.24, 2.45) is 0 Å². The van der Waals surface area contributed by atoms with Gasteiger partial charge in [0, 0.05) is 6.07 Å². The summed E-state index contributed by atoms with van der Waals surface area (Å²) in [6.07, 6.45) is -3.58. The summed E-state index contributed by atoms with van der Waals surface area (Å²) < 4.78 is 44.4. The number of carboxylic acid groups (broad SMARTS) is 1. The summed E-state index contributed by atoms with van der Waals surface area (Å²) in [5.74, 6) is -2.64. The number of carboxylic acids is 1. The van der Waals surface area contributed by atoms with Crippen molar-refractivity contribution in [1.82, 2.24) is 10.3 Å². The van der Waals surface area contributed by atoms with Crippen LogP contribution in [0.4, 0.5) is 18.9 Å². The molecule has 0 spiro atoms. The maximum absolute atomic E-state index is 13.4. The molecule has 0 atom stereocenters. The standard InChI is InChI=1S/C25H20F3N3O6/c26-25(27,28)14-30-23(34)24(19-8-3-1-6-16(19)17-7-2-4-9-20(17)24)10-5-11-37-21-18(22(32)33)12-15(13-29-21)31(35)36/h1-4,6-9,12-13H,5,10-11,14H2,(H,30,34)(H,32,33). The minimum absolute atomic E-state index is 0.0418. The second-order valence-corrected chi connectivity index (χ2v) is 8.35. The van der Waals surface area contributed by atoms with E-state index in [9.17, 15) is 38.0 Å². The van der Waals surface area contributed by atoms with Crippen molar-refractivity contribution in [3.63, 3.8) is 0 Å². The number of carbonyl (C=O) groups is 2. The first-order valence-corrected chi connectivity index (χ1v) is 11.1. The topological polar surface area (TPSA) is 132 Å². The Morgan fingerprint density at radius 1 is 1.08 bits per heavy atom. The van der Waals surface area contributed by atoms with Crippen molar-refractivity contribution in [1.29, 1.82) is 0 Å². The van der Waals surface area contributed by atoms with Gasteiger partial charge < -0.3 is 15.2 Å². The molecule has 2 N–H and O–H groups in total. The highest BCUT2D eigenvalue weighted by Crippen LogP contribution is 2.51. The number of pyridine rings is 1. The number of fused-ring (bicyclic) bond motifs is 3. The fourth-order valence-electron chi connectivity index (χ4n) is 4.60. The highest BCUT2D eigenvalue weighted by molar-refractivity contribution is 6.00. The van der Waals surface area contributed by atoms with E-state index in [0.29, 0.717) is 11.1 Å². The Bertz CT molecular complexity index is 1330. The van der Waals surface area contributed by atoms with Gasteiger partial charge in [0.2, 0.25) is 11.8 Å². The van der Waals surface area contributed by atoms with E-state index in [-0.39, 0.29) is 25.3 Å². The summed E-state index contributed by atoms with van der Waals surface area (Å²) in [4.78, 5) is 38.8. The lowest BCUT2D eigenvalue weighted by Gasteiger charge is -2.31. The molecule has 0 unspecified atom stereocenters. The average molecular weight is 515 g/mol. The molecule has 3 aromatic rings. The van der Waals surface area contributed by atoms with Crippen LogP contribution in [0.25, 0.3) is 11.1 Å². The number of rotatable bonds is 9. The van der Waals surface area contributed by atoms with Crippen molar-refractivity contribution < 1.29 is 37.5 Å². The first-order valence-electron chi connectivity index (χ1n) is 11.1. The minimum atomic E-state index is -4.60. The number of hydrogen-bond donors (Lipinski definition) is 2. The number of halogens is 3. The zero-order chi connectivity index (χ0) is 26.8. The molecule has 37 heavy (non-hydrogen) atoms. The molecule has 0 aliphatic heterocycles. The van der Waals surface area contributed by atoms with E-state index in [1.165, 1.54) is 0 Å². The van der Waals surface area contributed by atoms with Crippen LogP contribution in [-0.2, 0) is 10.2 Å². The number of ether oxygens (including phenoxy) is 1. The van der Waals surface area contributed by atoms with Crippen LogP contribution in [-0.4, -0.2) is 46.2 Å². The van der Waals surface area contributed by atoms with Crippen molar-refractivity contribution in [2.45, 2.75) is 24.4 Å². The van der Waals surface area contributed by atoms with Crippen LogP contribution in [0.15, 0.2) is 60.8 Å². The molecule has 1 heterocycles. The van der Waals surface area contributed by atoms with Crippen molar-refractivity contribution in [3.05, 3.63) is 87.6 Å². The molecular weight excluding hydrogens is 495 g/mol. The van der Waals surface area contributed by atoms with Gasteiger partial charge in [0.1, 0.15) is 23.7 Å². The second-order valence-electron chi connectivity index (χ2n) is 8.35. The van der Waals surface area contributed by atoms with Gasteiger partial charge in [-0.25, -0.2) is 9.78 Å². The number of aromatic carboxylic acids is 1. The molecule has 0 fully saturated rings. The highest BCUT2D eigenvalue weighted by Gasteiger charge is 2.49. The van der Waals surface area contributed by atoms with Gasteiger partial charge in [-0.3, -0.25) is 14.9 Å².